The maximum absolute atomic E-state index is 12.9. The molecule has 9 heteroatoms. The largest absolute Gasteiger partial charge is 0.465 e. The van der Waals surface area contributed by atoms with Gasteiger partial charge in [0.1, 0.15) is 10.6 Å². The van der Waals surface area contributed by atoms with Crippen LogP contribution < -0.4 is 5.32 Å². The molecule has 31 heavy (non-hydrogen) atoms. The SMILES string of the molecule is CCC(C)(C)C1CCc2c(sc(NC(=O)c3cc(Cl)ccc3[N+](=O)[O-])c2C(=O)OC)C1. The van der Waals surface area contributed by atoms with Crippen molar-refractivity contribution in [2.75, 3.05) is 12.4 Å². The van der Waals surface area contributed by atoms with Gasteiger partial charge < -0.3 is 10.1 Å². The van der Waals surface area contributed by atoms with Gasteiger partial charge in [-0.05, 0) is 48.3 Å². The summed E-state index contributed by atoms with van der Waals surface area (Å²) in [6, 6.07) is 3.80. The Bertz CT molecular complexity index is 1050. The van der Waals surface area contributed by atoms with Crippen molar-refractivity contribution in [3.05, 3.63) is 54.9 Å². The predicted octanol–water partition coefficient (Wildman–Crippen LogP) is 5.89. The van der Waals surface area contributed by atoms with Gasteiger partial charge in [0, 0.05) is 16.0 Å². The summed E-state index contributed by atoms with van der Waals surface area (Å²) >= 11 is 7.30. The molecule has 1 atom stereocenters. The van der Waals surface area contributed by atoms with Gasteiger partial charge in [-0.2, -0.15) is 0 Å². The third-order valence-electron chi connectivity index (χ3n) is 6.30. The molecule has 1 aliphatic rings. The molecule has 1 aliphatic carbocycles. The monoisotopic (exact) mass is 464 g/mol. The second-order valence-corrected chi connectivity index (χ2v) is 9.90. The van der Waals surface area contributed by atoms with E-state index in [0.29, 0.717) is 16.5 Å². The van der Waals surface area contributed by atoms with E-state index in [2.05, 4.69) is 26.1 Å². The number of fused-ring (bicyclic) bond motifs is 1. The van der Waals surface area contributed by atoms with E-state index in [1.165, 1.54) is 36.6 Å². The number of nitro benzene ring substituents is 1. The Labute approximate surface area is 189 Å². The fourth-order valence-electron chi connectivity index (χ4n) is 3.97. The number of hydrogen-bond donors (Lipinski definition) is 1. The van der Waals surface area contributed by atoms with Crippen LogP contribution in [0.1, 0.15) is 64.8 Å². The number of rotatable bonds is 6. The van der Waals surface area contributed by atoms with Gasteiger partial charge in [-0.25, -0.2) is 4.79 Å². The Morgan fingerprint density at radius 1 is 1.39 bits per heavy atom. The van der Waals surface area contributed by atoms with E-state index in [1.807, 2.05) is 0 Å². The van der Waals surface area contributed by atoms with Gasteiger partial charge in [-0.3, -0.25) is 14.9 Å². The number of anilines is 1. The number of esters is 1. The standard InChI is InChI=1S/C22H25ClN2O5S/c1-5-22(2,3)12-6-8-14-17(10-12)31-20(18(14)21(27)30-4)24-19(26)15-11-13(23)7-9-16(15)25(28)29/h7,9,11-12H,5-6,8,10H2,1-4H3,(H,24,26). The molecule has 0 radical (unpaired) electrons. The summed E-state index contributed by atoms with van der Waals surface area (Å²) in [7, 11) is 1.30. The maximum atomic E-state index is 12.9. The number of amides is 1. The van der Waals surface area contributed by atoms with Gasteiger partial charge in [0.15, 0.2) is 0 Å². The Kier molecular flexibility index (Phi) is 6.71. The van der Waals surface area contributed by atoms with Gasteiger partial charge in [0.25, 0.3) is 11.6 Å². The lowest BCUT2D eigenvalue weighted by Crippen LogP contribution is -2.28. The lowest BCUT2D eigenvalue weighted by atomic mass is 9.69. The van der Waals surface area contributed by atoms with Crippen molar-refractivity contribution in [3.63, 3.8) is 0 Å². The van der Waals surface area contributed by atoms with Crippen LogP contribution in [0.5, 0.6) is 0 Å². The summed E-state index contributed by atoms with van der Waals surface area (Å²) in [5.41, 5.74) is 0.888. The van der Waals surface area contributed by atoms with Gasteiger partial charge in [-0.1, -0.05) is 38.8 Å². The zero-order valence-electron chi connectivity index (χ0n) is 17.9. The van der Waals surface area contributed by atoms with Crippen molar-refractivity contribution in [2.24, 2.45) is 11.3 Å². The second-order valence-electron chi connectivity index (χ2n) is 8.35. The van der Waals surface area contributed by atoms with Crippen molar-refractivity contribution in [1.29, 1.82) is 0 Å². The molecule has 2 aromatic rings. The van der Waals surface area contributed by atoms with E-state index < -0.39 is 16.8 Å². The van der Waals surface area contributed by atoms with Crippen LogP contribution in [0.2, 0.25) is 5.02 Å². The molecule has 166 valence electrons. The molecule has 0 spiro atoms. The lowest BCUT2D eigenvalue weighted by Gasteiger charge is -2.36. The molecule has 0 fully saturated rings. The van der Waals surface area contributed by atoms with Crippen LogP contribution in [-0.4, -0.2) is 23.9 Å². The Morgan fingerprint density at radius 2 is 2.10 bits per heavy atom. The van der Waals surface area contributed by atoms with Crippen molar-refractivity contribution in [3.8, 4) is 0 Å². The number of nitrogens with one attached hydrogen (secondary N) is 1. The maximum Gasteiger partial charge on any atom is 0.341 e. The highest BCUT2D eigenvalue weighted by molar-refractivity contribution is 7.17. The second kappa shape index (κ2) is 8.96. The molecular formula is C22H25ClN2O5S. The first-order valence-corrected chi connectivity index (χ1v) is 11.3. The number of nitro groups is 1. The van der Waals surface area contributed by atoms with E-state index in [-0.39, 0.29) is 21.7 Å². The molecule has 7 nitrogen and oxygen atoms in total. The number of hydrogen-bond acceptors (Lipinski definition) is 6. The first-order chi connectivity index (χ1) is 14.6. The van der Waals surface area contributed by atoms with Crippen LogP contribution in [-0.2, 0) is 17.6 Å². The molecule has 0 aliphatic heterocycles. The van der Waals surface area contributed by atoms with Gasteiger partial charge in [0.2, 0.25) is 0 Å². The Balaban J connectivity index is 1.99. The molecule has 0 saturated heterocycles. The number of carbonyl (C=O) groups excluding carboxylic acids is 2. The number of halogens is 1. The summed E-state index contributed by atoms with van der Waals surface area (Å²) < 4.78 is 4.97. The van der Waals surface area contributed by atoms with Crippen LogP contribution in [0.4, 0.5) is 10.7 Å². The minimum absolute atomic E-state index is 0.162. The Hall–Kier alpha value is -2.45. The molecule has 0 saturated carbocycles. The highest BCUT2D eigenvalue weighted by Gasteiger charge is 2.36. The molecule has 1 aromatic heterocycles. The summed E-state index contributed by atoms with van der Waals surface area (Å²) in [5, 5.41) is 14.6. The topological polar surface area (TPSA) is 98.5 Å². The first kappa shape index (κ1) is 23.2. The summed E-state index contributed by atoms with van der Waals surface area (Å²) in [6.45, 7) is 6.67. The molecule has 3 rings (SSSR count). The van der Waals surface area contributed by atoms with Crippen molar-refractivity contribution in [2.45, 2.75) is 46.5 Å². The van der Waals surface area contributed by atoms with Crippen LogP contribution in [0.15, 0.2) is 18.2 Å². The van der Waals surface area contributed by atoms with E-state index >= 15 is 0 Å². The number of thiophene rings is 1. The smallest absolute Gasteiger partial charge is 0.341 e. The summed E-state index contributed by atoms with van der Waals surface area (Å²) in [4.78, 5) is 37.2. The average molecular weight is 465 g/mol. The highest BCUT2D eigenvalue weighted by atomic mass is 35.5. The lowest BCUT2D eigenvalue weighted by molar-refractivity contribution is -0.385. The minimum atomic E-state index is -0.691. The number of benzene rings is 1. The predicted molar refractivity (Wildman–Crippen MR) is 121 cm³/mol. The molecule has 1 N–H and O–H groups in total. The quantitative estimate of drug-likeness (QED) is 0.326. The molecule has 1 amide bonds. The number of methoxy groups -OCH3 is 1. The van der Waals surface area contributed by atoms with Crippen LogP contribution in [0, 0.1) is 21.4 Å². The van der Waals surface area contributed by atoms with E-state index in [0.717, 1.165) is 36.1 Å². The van der Waals surface area contributed by atoms with Crippen LogP contribution in [0.3, 0.4) is 0 Å². The van der Waals surface area contributed by atoms with E-state index in [9.17, 15) is 19.7 Å². The highest BCUT2D eigenvalue weighted by Crippen LogP contribution is 2.45. The average Bonchev–Trinajstić information content (AvgIpc) is 3.09. The summed E-state index contributed by atoms with van der Waals surface area (Å²) in [5.74, 6) is -0.753. The molecule has 1 heterocycles. The summed E-state index contributed by atoms with van der Waals surface area (Å²) in [6.07, 6.45) is 3.53. The Morgan fingerprint density at radius 3 is 2.71 bits per heavy atom. The van der Waals surface area contributed by atoms with E-state index in [4.69, 9.17) is 16.3 Å². The van der Waals surface area contributed by atoms with Crippen LogP contribution in [0.25, 0.3) is 0 Å². The molecule has 0 bridgehead atoms. The number of nitrogens with zero attached hydrogens (tertiary/aromatic N) is 1. The fraction of sp³-hybridized carbons (Fsp3) is 0.455. The number of carbonyl (C=O) groups is 2. The zero-order chi connectivity index (χ0) is 22.9. The van der Waals surface area contributed by atoms with Crippen molar-refractivity contribution < 1.29 is 19.2 Å². The molecule has 1 unspecified atom stereocenters. The van der Waals surface area contributed by atoms with E-state index in [1.54, 1.807) is 0 Å². The number of ether oxygens (including phenoxy) is 1. The minimum Gasteiger partial charge on any atom is -0.465 e. The zero-order valence-corrected chi connectivity index (χ0v) is 19.5. The van der Waals surface area contributed by atoms with Gasteiger partial charge in [-0.15, -0.1) is 11.3 Å². The molecule has 1 aromatic carbocycles. The third kappa shape index (κ3) is 4.60. The van der Waals surface area contributed by atoms with Gasteiger partial charge in [0.05, 0.1) is 17.6 Å². The first-order valence-electron chi connectivity index (χ1n) is 10.1. The van der Waals surface area contributed by atoms with Crippen molar-refractivity contribution >= 4 is 45.5 Å². The third-order valence-corrected chi connectivity index (χ3v) is 7.70. The molecular weight excluding hydrogens is 440 g/mol. The van der Waals surface area contributed by atoms with Gasteiger partial charge >= 0.3 is 5.97 Å². The van der Waals surface area contributed by atoms with Crippen molar-refractivity contribution in [1.82, 2.24) is 0 Å². The van der Waals surface area contributed by atoms with Crippen LogP contribution >= 0.6 is 22.9 Å². The fourth-order valence-corrected chi connectivity index (χ4v) is 5.45. The normalized spacial score (nSPS) is 15.8.